The van der Waals surface area contributed by atoms with E-state index in [4.69, 9.17) is 9.40 Å². The van der Waals surface area contributed by atoms with Gasteiger partial charge in [-0.1, -0.05) is 84.9 Å². The lowest BCUT2D eigenvalue weighted by Gasteiger charge is -2.10. The van der Waals surface area contributed by atoms with Crippen LogP contribution in [0.2, 0.25) is 0 Å². The van der Waals surface area contributed by atoms with E-state index in [9.17, 15) is 0 Å². The lowest BCUT2D eigenvalue weighted by Crippen LogP contribution is -1.97. The summed E-state index contributed by atoms with van der Waals surface area (Å²) >= 11 is 0. The first-order valence-electron chi connectivity index (χ1n) is 14.7. The van der Waals surface area contributed by atoms with Crippen LogP contribution in [-0.4, -0.2) is 14.5 Å². The first-order chi connectivity index (χ1) is 21.8. The van der Waals surface area contributed by atoms with Crippen LogP contribution in [0.1, 0.15) is 0 Å². The Morgan fingerprint density at radius 1 is 0.545 bits per heavy atom. The van der Waals surface area contributed by atoms with E-state index >= 15 is 0 Å². The van der Waals surface area contributed by atoms with Gasteiger partial charge < -0.3 is 4.42 Å². The Kier molecular flexibility index (Phi) is 5.47. The zero-order valence-corrected chi connectivity index (χ0v) is 23.7. The number of hydrogen-bond acceptors (Lipinski definition) is 3. The number of rotatable bonds is 4. The van der Waals surface area contributed by atoms with Crippen LogP contribution < -0.4 is 0 Å². The molecule has 0 bridgehead atoms. The summed E-state index contributed by atoms with van der Waals surface area (Å²) in [6.45, 7) is 0. The van der Waals surface area contributed by atoms with Gasteiger partial charge in [-0.2, -0.15) is 0 Å². The second kappa shape index (κ2) is 9.79. The van der Waals surface area contributed by atoms with Crippen LogP contribution in [0.4, 0.5) is 0 Å². The zero-order chi connectivity index (χ0) is 29.0. The van der Waals surface area contributed by atoms with Crippen molar-refractivity contribution in [3.8, 4) is 39.3 Å². The van der Waals surface area contributed by atoms with Crippen LogP contribution >= 0.6 is 0 Å². The maximum absolute atomic E-state index is 6.33. The molecule has 0 fully saturated rings. The number of imidazole rings is 1. The van der Waals surface area contributed by atoms with Gasteiger partial charge in [0.05, 0.1) is 11.0 Å². The van der Waals surface area contributed by atoms with Gasteiger partial charge in [-0.3, -0.25) is 9.55 Å². The largest absolute Gasteiger partial charge is 0.456 e. The molecule has 0 atom stereocenters. The third-order valence-electron chi connectivity index (χ3n) is 8.50. The van der Waals surface area contributed by atoms with Crippen LogP contribution in [-0.2, 0) is 0 Å². The molecule has 4 nitrogen and oxygen atoms in total. The van der Waals surface area contributed by atoms with E-state index in [1.165, 1.54) is 5.39 Å². The first-order valence-corrected chi connectivity index (χ1v) is 14.7. The smallest absolute Gasteiger partial charge is 0.145 e. The van der Waals surface area contributed by atoms with Crippen molar-refractivity contribution >= 4 is 43.7 Å². The van der Waals surface area contributed by atoms with Gasteiger partial charge in [-0.05, 0) is 82.2 Å². The summed E-state index contributed by atoms with van der Waals surface area (Å²) < 4.78 is 8.57. The Morgan fingerprint density at radius 2 is 1.34 bits per heavy atom. The highest BCUT2D eigenvalue weighted by Crippen LogP contribution is 2.39. The average Bonchev–Trinajstić information content (AvgIpc) is 3.67. The fourth-order valence-corrected chi connectivity index (χ4v) is 6.37. The predicted molar refractivity (Wildman–Crippen MR) is 180 cm³/mol. The van der Waals surface area contributed by atoms with Gasteiger partial charge in [-0.25, -0.2) is 4.98 Å². The maximum atomic E-state index is 6.33. The van der Waals surface area contributed by atoms with Crippen LogP contribution in [0, 0.1) is 0 Å². The molecule has 0 radical (unpaired) electrons. The predicted octanol–water partition coefficient (Wildman–Crippen LogP) is 10.5. The highest BCUT2D eigenvalue weighted by Gasteiger charge is 2.16. The number of hydrogen-bond donors (Lipinski definition) is 0. The Hall–Kier alpha value is -6.00. The lowest BCUT2D eigenvalue weighted by atomic mass is 9.96. The van der Waals surface area contributed by atoms with Gasteiger partial charge in [0.15, 0.2) is 0 Å². The molecule has 3 heterocycles. The number of fused-ring (bicyclic) bond motifs is 5. The van der Waals surface area contributed by atoms with Crippen molar-refractivity contribution in [2.24, 2.45) is 0 Å². The Morgan fingerprint density at radius 3 is 2.25 bits per heavy atom. The van der Waals surface area contributed by atoms with E-state index in [0.29, 0.717) is 0 Å². The van der Waals surface area contributed by atoms with Gasteiger partial charge in [0.1, 0.15) is 17.0 Å². The summed E-state index contributed by atoms with van der Waals surface area (Å²) in [5.74, 6) is 0.927. The minimum atomic E-state index is 0.884. The maximum Gasteiger partial charge on any atom is 0.145 e. The number of para-hydroxylation sites is 3. The minimum Gasteiger partial charge on any atom is -0.456 e. The molecule has 0 saturated carbocycles. The van der Waals surface area contributed by atoms with Gasteiger partial charge in [0, 0.05) is 39.8 Å². The summed E-state index contributed by atoms with van der Waals surface area (Å²) in [6, 6.07) is 48.8. The summed E-state index contributed by atoms with van der Waals surface area (Å²) in [7, 11) is 0. The fraction of sp³-hybridized carbons (Fsp3) is 0. The Labute approximate surface area is 253 Å². The Balaban J connectivity index is 1.15. The molecule has 9 rings (SSSR count). The average molecular weight is 564 g/mol. The van der Waals surface area contributed by atoms with Crippen molar-refractivity contribution in [3.63, 3.8) is 0 Å². The number of nitrogens with zero attached hydrogens (tertiary/aromatic N) is 3. The molecule has 44 heavy (non-hydrogen) atoms. The van der Waals surface area contributed by atoms with Crippen molar-refractivity contribution in [1.29, 1.82) is 0 Å². The molecule has 0 N–H and O–H groups in total. The van der Waals surface area contributed by atoms with Crippen LogP contribution in [0.15, 0.2) is 156 Å². The highest BCUT2D eigenvalue weighted by atomic mass is 16.3. The minimum absolute atomic E-state index is 0.884. The molecular weight excluding hydrogens is 538 g/mol. The molecule has 0 spiro atoms. The van der Waals surface area contributed by atoms with Gasteiger partial charge in [-0.15, -0.1) is 0 Å². The standard InChI is InChI=1S/C40H25N3O/c1-2-7-32(8-3-1)43-36-11-5-4-10-35(36)42-40(43)27-15-13-26(14-16-27)28-19-20-37-34(24-28)39-33(9-6-12-38(39)44-37)30-17-18-31-25-41-22-21-29(31)23-30/h1-25H. The molecule has 0 aliphatic carbocycles. The molecule has 206 valence electrons. The number of pyridine rings is 1. The van der Waals surface area contributed by atoms with E-state index in [2.05, 4.69) is 137 Å². The summed E-state index contributed by atoms with van der Waals surface area (Å²) in [5, 5.41) is 4.54. The summed E-state index contributed by atoms with van der Waals surface area (Å²) in [6.07, 6.45) is 3.75. The van der Waals surface area contributed by atoms with Gasteiger partial charge in [0.2, 0.25) is 0 Å². The molecule has 6 aromatic carbocycles. The van der Waals surface area contributed by atoms with E-state index < -0.39 is 0 Å². The monoisotopic (exact) mass is 563 g/mol. The molecule has 3 aromatic heterocycles. The number of aromatic nitrogens is 3. The van der Waals surface area contributed by atoms with E-state index in [1.807, 2.05) is 24.5 Å². The molecule has 4 heteroatoms. The molecule has 9 aromatic rings. The Bertz CT molecular complexity index is 2490. The molecule has 0 amide bonds. The second-order valence-corrected chi connectivity index (χ2v) is 11.1. The number of furan rings is 1. The van der Waals surface area contributed by atoms with Crippen LogP contribution in [0.3, 0.4) is 0 Å². The lowest BCUT2D eigenvalue weighted by molar-refractivity contribution is 0.669. The zero-order valence-electron chi connectivity index (χ0n) is 23.7. The van der Waals surface area contributed by atoms with Crippen LogP contribution in [0.5, 0.6) is 0 Å². The molecular formula is C40H25N3O. The van der Waals surface area contributed by atoms with E-state index in [0.717, 1.165) is 77.7 Å². The second-order valence-electron chi connectivity index (χ2n) is 11.1. The third-order valence-corrected chi connectivity index (χ3v) is 8.50. The molecule has 0 unspecified atom stereocenters. The van der Waals surface area contributed by atoms with Crippen molar-refractivity contribution < 1.29 is 4.42 Å². The van der Waals surface area contributed by atoms with Gasteiger partial charge in [0.25, 0.3) is 0 Å². The number of benzene rings is 6. The van der Waals surface area contributed by atoms with Crippen molar-refractivity contribution in [2.45, 2.75) is 0 Å². The van der Waals surface area contributed by atoms with Gasteiger partial charge >= 0.3 is 0 Å². The SMILES string of the molecule is c1ccc(-n2c(-c3ccc(-c4ccc5oc6cccc(-c7ccc8cnccc8c7)c6c5c4)cc3)nc3ccccc32)cc1. The third kappa shape index (κ3) is 3.92. The first kappa shape index (κ1) is 24.6. The highest BCUT2D eigenvalue weighted by molar-refractivity contribution is 6.13. The summed E-state index contributed by atoms with van der Waals surface area (Å²) in [5.41, 5.74) is 10.6. The molecule has 0 aliphatic heterocycles. The quantitative estimate of drug-likeness (QED) is 0.214. The van der Waals surface area contributed by atoms with E-state index in [-0.39, 0.29) is 0 Å². The van der Waals surface area contributed by atoms with Crippen molar-refractivity contribution in [2.75, 3.05) is 0 Å². The fourth-order valence-electron chi connectivity index (χ4n) is 6.37. The normalized spacial score (nSPS) is 11.6. The molecule has 0 aliphatic rings. The molecule has 0 saturated heterocycles. The van der Waals surface area contributed by atoms with Crippen LogP contribution in [0.25, 0.3) is 83.1 Å². The van der Waals surface area contributed by atoms with E-state index in [1.54, 1.807) is 0 Å². The van der Waals surface area contributed by atoms with Crippen molar-refractivity contribution in [1.82, 2.24) is 14.5 Å². The topological polar surface area (TPSA) is 43.9 Å². The van der Waals surface area contributed by atoms with Crippen molar-refractivity contribution in [3.05, 3.63) is 152 Å². The summed E-state index contributed by atoms with van der Waals surface area (Å²) in [4.78, 5) is 9.30.